The molecule has 0 aliphatic heterocycles. The Bertz CT molecular complexity index is 824. The molecule has 0 aliphatic carbocycles. The maximum absolute atomic E-state index is 12.2. The van der Waals surface area contributed by atoms with Gasteiger partial charge in [-0.1, -0.05) is 6.07 Å². The summed E-state index contributed by atoms with van der Waals surface area (Å²) in [6.45, 7) is 6.61. The van der Waals surface area contributed by atoms with Crippen LogP contribution in [0.4, 0.5) is 0 Å². The molecule has 1 aromatic carbocycles. The maximum Gasteiger partial charge on any atom is 0.264 e. The lowest BCUT2D eigenvalue weighted by Gasteiger charge is -2.06. The normalized spacial score (nSPS) is 11.2. The van der Waals surface area contributed by atoms with Crippen LogP contribution >= 0.6 is 0 Å². The molecule has 102 valence electrons. The van der Waals surface area contributed by atoms with Crippen molar-refractivity contribution >= 4 is 11.0 Å². The Morgan fingerprint density at radius 1 is 1.15 bits per heavy atom. The third-order valence-corrected chi connectivity index (χ3v) is 3.35. The second-order valence-corrected chi connectivity index (χ2v) is 4.98. The molecule has 0 atom stereocenters. The van der Waals surface area contributed by atoms with Crippen molar-refractivity contribution in [3.05, 3.63) is 52.2 Å². The Morgan fingerprint density at radius 3 is 2.50 bits per heavy atom. The molecule has 3 aromatic rings. The summed E-state index contributed by atoms with van der Waals surface area (Å²) < 4.78 is 3.30. The summed E-state index contributed by atoms with van der Waals surface area (Å²) >= 11 is 0. The molecule has 0 aliphatic rings. The van der Waals surface area contributed by atoms with Gasteiger partial charge in [0.1, 0.15) is 5.39 Å². The molecule has 0 bridgehead atoms. The molecule has 5 nitrogen and oxygen atoms in total. The lowest BCUT2D eigenvalue weighted by atomic mass is 10.1. The highest BCUT2D eigenvalue weighted by Crippen LogP contribution is 2.16. The first-order valence-corrected chi connectivity index (χ1v) is 6.62. The van der Waals surface area contributed by atoms with Crippen LogP contribution in [0.25, 0.3) is 16.7 Å². The second kappa shape index (κ2) is 4.59. The summed E-state index contributed by atoms with van der Waals surface area (Å²) in [5, 5.41) is 4.87. The fourth-order valence-corrected chi connectivity index (χ4v) is 2.44. The van der Waals surface area contributed by atoms with Gasteiger partial charge in [-0.2, -0.15) is 5.10 Å². The highest BCUT2D eigenvalue weighted by molar-refractivity contribution is 5.75. The third-order valence-electron chi connectivity index (χ3n) is 3.35. The predicted molar refractivity (Wildman–Crippen MR) is 78.3 cm³/mol. The molecule has 2 heterocycles. The zero-order chi connectivity index (χ0) is 14.3. The van der Waals surface area contributed by atoms with Crippen LogP contribution in [0.5, 0.6) is 0 Å². The number of aromatic nitrogens is 4. The highest BCUT2D eigenvalue weighted by atomic mass is 16.1. The van der Waals surface area contributed by atoms with Gasteiger partial charge in [0.15, 0.2) is 5.65 Å². The van der Waals surface area contributed by atoms with Crippen LogP contribution in [-0.2, 0) is 6.54 Å². The number of benzene rings is 1. The van der Waals surface area contributed by atoms with E-state index < -0.39 is 0 Å². The Labute approximate surface area is 116 Å². The third kappa shape index (κ3) is 1.91. The fraction of sp³-hybridized carbons (Fsp3) is 0.267. The monoisotopic (exact) mass is 268 g/mol. The quantitative estimate of drug-likeness (QED) is 0.716. The van der Waals surface area contributed by atoms with Crippen molar-refractivity contribution in [2.75, 3.05) is 0 Å². The second-order valence-electron chi connectivity index (χ2n) is 4.98. The molecule has 0 N–H and O–H groups in total. The minimum atomic E-state index is -0.0480. The zero-order valence-corrected chi connectivity index (χ0v) is 11.8. The number of hydrogen-bond donors (Lipinski definition) is 0. The number of fused-ring (bicyclic) bond motifs is 1. The molecular weight excluding hydrogens is 252 g/mol. The summed E-state index contributed by atoms with van der Waals surface area (Å²) in [6.07, 6.45) is 3.17. The molecule has 0 spiro atoms. The summed E-state index contributed by atoms with van der Waals surface area (Å²) in [7, 11) is 0. The molecule has 0 saturated heterocycles. The van der Waals surface area contributed by atoms with Gasteiger partial charge in [-0.15, -0.1) is 0 Å². The first-order valence-electron chi connectivity index (χ1n) is 6.62. The van der Waals surface area contributed by atoms with E-state index in [2.05, 4.69) is 16.1 Å². The van der Waals surface area contributed by atoms with Crippen molar-refractivity contribution < 1.29 is 0 Å². The Hall–Kier alpha value is -2.43. The number of hydrogen-bond acceptors (Lipinski definition) is 3. The smallest absolute Gasteiger partial charge is 0.264 e. The summed E-state index contributed by atoms with van der Waals surface area (Å²) in [5.74, 6) is 0. The van der Waals surface area contributed by atoms with Gasteiger partial charge < -0.3 is 0 Å². The van der Waals surface area contributed by atoms with E-state index >= 15 is 0 Å². The highest BCUT2D eigenvalue weighted by Gasteiger charge is 2.11. The van der Waals surface area contributed by atoms with Crippen LogP contribution in [0.3, 0.4) is 0 Å². The Morgan fingerprint density at radius 2 is 1.85 bits per heavy atom. The molecule has 0 saturated carbocycles. The maximum atomic E-state index is 12.2. The van der Waals surface area contributed by atoms with Crippen molar-refractivity contribution in [3.63, 3.8) is 0 Å². The van der Waals surface area contributed by atoms with Gasteiger partial charge in [0.2, 0.25) is 0 Å². The summed E-state index contributed by atoms with van der Waals surface area (Å²) in [4.78, 5) is 16.6. The zero-order valence-electron chi connectivity index (χ0n) is 11.8. The summed E-state index contributed by atoms with van der Waals surface area (Å²) in [5.41, 5.74) is 3.80. The number of nitrogens with zero attached hydrogens (tertiary/aromatic N) is 4. The van der Waals surface area contributed by atoms with Crippen molar-refractivity contribution in [2.45, 2.75) is 27.3 Å². The van der Waals surface area contributed by atoms with Gasteiger partial charge in [-0.25, -0.2) is 9.67 Å². The first kappa shape index (κ1) is 12.6. The predicted octanol–water partition coefficient (Wildman–Crippen LogP) is 2.22. The van der Waals surface area contributed by atoms with E-state index in [-0.39, 0.29) is 5.56 Å². The molecule has 0 radical (unpaired) electrons. The topological polar surface area (TPSA) is 52.7 Å². The van der Waals surface area contributed by atoms with Gasteiger partial charge in [0.05, 0.1) is 18.2 Å². The van der Waals surface area contributed by atoms with E-state index in [0.29, 0.717) is 17.6 Å². The molecule has 0 amide bonds. The molecule has 20 heavy (non-hydrogen) atoms. The van der Waals surface area contributed by atoms with Crippen molar-refractivity contribution in [1.82, 2.24) is 19.3 Å². The van der Waals surface area contributed by atoms with E-state index in [4.69, 9.17) is 0 Å². The largest absolute Gasteiger partial charge is 0.299 e. The van der Waals surface area contributed by atoms with Gasteiger partial charge in [0, 0.05) is 6.54 Å². The van der Waals surface area contributed by atoms with E-state index in [1.807, 2.05) is 32.9 Å². The van der Waals surface area contributed by atoms with E-state index in [0.717, 1.165) is 16.8 Å². The molecular formula is C15H16N4O. The van der Waals surface area contributed by atoms with Crippen LogP contribution < -0.4 is 5.56 Å². The molecule has 2 aromatic heterocycles. The Kier molecular flexibility index (Phi) is 2.89. The van der Waals surface area contributed by atoms with E-state index in [9.17, 15) is 4.79 Å². The number of rotatable bonds is 2. The molecule has 5 heteroatoms. The molecule has 0 unspecified atom stereocenters. The average Bonchev–Trinajstić information content (AvgIpc) is 2.83. The van der Waals surface area contributed by atoms with Gasteiger partial charge in [0.25, 0.3) is 5.56 Å². The van der Waals surface area contributed by atoms with E-state index in [1.165, 1.54) is 0 Å². The van der Waals surface area contributed by atoms with Crippen LogP contribution in [0.2, 0.25) is 0 Å². The Balaban J connectivity index is 2.28. The SMILES string of the molecule is CCn1cnc2c(cnn2-c2cc(C)cc(C)c2)c1=O. The van der Waals surface area contributed by atoms with Crippen LogP contribution in [-0.4, -0.2) is 19.3 Å². The minimum Gasteiger partial charge on any atom is -0.299 e. The fourth-order valence-electron chi connectivity index (χ4n) is 2.44. The summed E-state index contributed by atoms with van der Waals surface area (Å²) in [6, 6.07) is 6.17. The average molecular weight is 268 g/mol. The lowest BCUT2D eigenvalue weighted by Crippen LogP contribution is -2.19. The number of aryl methyl sites for hydroxylation is 3. The minimum absolute atomic E-state index is 0.0480. The van der Waals surface area contributed by atoms with Crippen LogP contribution in [0.15, 0.2) is 35.5 Å². The molecule has 0 fully saturated rings. The van der Waals surface area contributed by atoms with Gasteiger partial charge >= 0.3 is 0 Å². The molecule has 3 rings (SSSR count). The lowest BCUT2D eigenvalue weighted by molar-refractivity contribution is 0.715. The van der Waals surface area contributed by atoms with Crippen LogP contribution in [0.1, 0.15) is 18.1 Å². The first-order chi connectivity index (χ1) is 9.60. The van der Waals surface area contributed by atoms with Crippen molar-refractivity contribution in [1.29, 1.82) is 0 Å². The van der Waals surface area contributed by atoms with Crippen LogP contribution in [0, 0.1) is 13.8 Å². The van der Waals surface area contributed by atoms with Gasteiger partial charge in [-0.05, 0) is 44.0 Å². The van der Waals surface area contributed by atoms with Gasteiger partial charge in [-0.3, -0.25) is 9.36 Å². The van der Waals surface area contributed by atoms with Crippen molar-refractivity contribution in [3.8, 4) is 5.69 Å². The standard InChI is InChI=1S/C15H16N4O/c1-4-18-9-16-14-13(15(18)20)8-17-19(14)12-6-10(2)5-11(3)7-12/h5-9H,4H2,1-3H3. The van der Waals surface area contributed by atoms with E-state index in [1.54, 1.807) is 21.8 Å². The van der Waals surface area contributed by atoms with Crippen molar-refractivity contribution in [2.24, 2.45) is 0 Å².